The van der Waals surface area contributed by atoms with Crippen LogP contribution in [0.5, 0.6) is 11.5 Å². The largest absolute Gasteiger partial charge is 0.493 e. The van der Waals surface area contributed by atoms with Crippen LogP contribution in [0.2, 0.25) is 0 Å². The minimum absolute atomic E-state index is 0.147. The molecule has 1 aliphatic heterocycles. The standard InChI is InChI=1S/C18H22N4O4/c1-19-17(23)14-6-5-9-22(14)18(24)13-10-12(20-21-13)11-26-16-8-4-3-7-15(16)25-2/h3-4,7-8,10,14H,5-6,9,11H2,1-2H3,(H,19,23)(H,20,21)/t14-/m0/s1. The van der Waals surface area contributed by atoms with E-state index in [0.717, 1.165) is 6.42 Å². The maximum atomic E-state index is 12.7. The highest BCUT2D eigenvalue weighted by Crippen LogP contribution is 2.26. The topological polar surface area (TPSA) is 96.5 Å². The zero-order chi connectivity index (χ0) is 18.5. The number of rotatable bonds is 6. The van der Waals surface area contributed by atoms with Crippen molar-refractivity contribution in [2.75, 3.05) is 20.7 Å². The smallest absolute Gasteiger partial charge is 0.275 e. The summed E-state index contributed by atoms with van der Waals surface area (Å²) in [6.45, 7) is 0.774. The molecule has 0 radical (unpaired) electrons. The number of methoxy groups -OCH3 is 1. The molecule has 0 bridgehead atoms. The molecule has 1 aliphatic rings. The number of amides is 2. The van der Waals surface area contributed by atoms with Gasteiger partial charge in [0.1, 0.15) is 12.6 Å². The third kappa shape index (κ3) is 3.63. The Balaban J connectivity index is 1.66. The number of ether oxygens (including phenoxy) is 2. The van der Waals surface area contributed by atoms with E-state index in [4.69, 9.17) is 9.47 Å². The van der Waals surface area contributed by atoms with E-state index in [1.54, 1.807) is 31.2 Å². The summed E-state index contributed by atoms with van der Waals surface area (Å²) < 4.78 is 11.0. The van der Waals surface area contributed by atoms with Gasteiger partial charge in [-0.15, -0.1) is 0 Å². The van der Waals surface area contributed by atoms with Gasteiger partial charge in [-0.1, -0.05) is 12.1 Å². The van der Waals surface area contributed by atoms with Crippen molar-refractivity contribution in [1.29, 1.82) is 0 Å². The number of aromatic amines is 1. The van der Waals surface area contributed by atoms with Gasteiger partial charge in [0.2, 0.25) is 5.91 Å². The number of hydrogen-bond donors (Lipinski definition) is 2. The molecule has 1 fully saturated rings. The maximum Gasteiger partial charge on any atom is 0.275 e. The van der Waals surface area contributed by atoms with Crippen molar-refractivity contribution in [3.8, 4) is 11.5 Å². The van der Waals surface area contributed by atoms with Crippen molar-refractivity contribution in [3.05, 3.63) is 41.7 Å². The van der Waals surface area contributed by atoms with Crippen molar-refractivity contribution < 1.29 is 19.1 Å². The number of nitrogens with one attached hydrogen (secondary N) is 2. The van der Waals surface area contributed by atoms with E-state index in [1.807, 2.05) is 18.2 Å². The molecule has 1 aromatic heterocycles. The molecule has 0 saturated carbocycles. The fourth-order valence-electron chi connectivity index (χ4n) is 3.03. The molecule has 2 heterocycles. The molecule has 138 valence electrons. The average Bonchev–Trinajstić information content (AvgIpc) is 3.35. The lowest BCUT2D eigenvalue weighted by molar-refractivity contribution is -0.124. The first-order valence-corrected chi connectivity index (χ1v) is 8.46. The summed E-state index contributed by atoms with van der Waals surface area (Å²) in [6.07, 6.45) is 1.47. The zero-order valence-corrected chi connectivity index (χ0v) is 14.8. The highest BCUT2D eigenvalue weighted by Gasteiger charge is 2.34. The average molecular weight is 358 g/mol. The van der Waals surface area contributed by atoms with E-state index in [2.05, 4.69) is 15.5 Å². The van der Waals surface area contributed by atoms with Crippen LogP contribution < -0.4 is 14.8 Å². The van der Waals surface area contributed by atoms with E-state index in [9.17, 15) is 9.59 Å². The number of H-pyrrole nitrogens is 1. The predicted molar refractivity (Wildman–Crippen MR) is 94.0 cm³/mol. The fourth-order valence-corrected chi connectivity index (χ4v) is 3.03. The van der Waals surface area contributed by atoms with Crippen molar-refractivity contribution in [3.63, 3.8) is 0 Å². The van der Waals surface area contributed by atoms with Gasteiger partial charge in [0.25, 0.3) is 5.91 Å². The Kier molecular flexibility index (Phi) is 5.40. The fraction of sp³-hybridized carbons (Fsp3) is 0.389. The van der Waals surface area contributed by atoms with Gasteiger partial charge >= 0.3 is 0 Å². The highest BCUT2D eigenvalue weighted by atomic mass is 16.5. The molecule has 2 aromatic rings. The number of carbonyl (C=O) groups excluding carboxylic acids is 2. The molecule has 8 nitrogen and oxygen atoms in total. The van der Waals surface area contributed by atoms with Crippen molar-refractivity contribution in [1.82, 2.24) is 20.4 Å². The van der Waals surface area contributed by atoms with Gasteiger partial charge < -0.3 is 19.7 Å². The molecular weight excluding hydrogens is 336 g/mol. The molecule has 8 heteroatoms. The molecule has 1 saturated heterocycles. The second kappa shape index (κ2) is 7.90. The Bertz CT molecular complexity index is 789. The van der Waals surface area contributed by atoms with Crippen LogP contribution in [0.4, 0.5) is 0 Å². The normalized spacial score (nSPS) is 16.4. The number of carbonyl (C=O) groups is 2. The second-order valence-corrected chi connectivity index (χ2v) is 5.99. The molecule has 26 heavy (non-hydrogen) atoms. The Labute approximate surface area is 151 Å². The second-order valence-electron chi connectivity index (χ2n) is 5.99. The summed E-state index contributed by atoms with van der Waals surface area (Å²) >= 11 is 0. The molecule has 0 spiro atoms. The van der Waals surface area contributed by atoms with Crippen LogP contribution in [0, 0.1) is 0 Å². The van der Waals surface area contributed by atoms with Crippen LogP contribution in [0.1, 0.15) is 29.0 Å². The number of likely N-dealkylation sites (tertiary alicyclic amines) is 1. The third-order valence-electron chi connectivity index (χ3n) is 4.36. The van der Waals surface area contributed by atoms with Gasteiger partial charge in [-0.2, -0.15) is 5.10 Å². The molecule has 0 unspecified atom stereocenters. The Hall–Kier alpha value is -3.03. The maximum absolute atomic E-state index is 12.7. The number of aromatic nitrogens is 2. The van der Waals surface area contributed by atoms with Gasteiger partial charge in [0, 0.05) is 13.6 Å². The molecule has 3 rings (SSSR count). The van der Waals surface area contributed by atoms with Gasteiger partial charge in [-0.05, 0) is 31.0 Å². The van der Waals surface area contributed by atoms with E-state index >= 15 is 0 Å². The quantitative estimate of drug-likeness (QED) is 0.812. The van der Waals surface area contributed by atoms with Crippen LogP contribution in [0.25, 0.3) is 0 Å². The van der Waals surface area contributed by atoms with Crippen LogP contribution in [-0.2, 0) is 11.4 Å². The van der Waals surface area contributed by atoms with Gasteiger partial charge in [0.15, 0.2) is 17.2 Å². The minimum Gasteiger partial charge on any atom is -0.493 e. The van der Waals surface area contributed by atoms with Crippen LogP contribution in [0.3, 0.4) is 0 Å². The summed E-state index contributed by atoms with van der Waals surface area (Å²) in [5, 5.41) is 9.49. The lowest BCUT2D eigenvalue weighted by Gasteiger charge is -2.22. The van der Waals surface area contributed by atoms with Gasteiger partial charge in [-0.25, -0.2) is 0 Å². The zero-order valence-electron chi connectivity index (χ0n) is 14.8. The van der Waals surface area contributed by atoms with Gasteiger partial charge in [-0.3, -0.25) is 14.7 Å². The minimum atomic E-state index is -0.433. The monoisotopic (exact) mass is 358 g/mol. The van der Waals surface area contributed by atoms with E-state index in [0.29, 0.717) is 30.2 Å². The molecule has 2 amide bonds. The molecule has 2 N–H and O–H groups in total. The summed E-state index contributed by atoms with van der Waals surface area (Å²) in [5.74, 6) is 0.840. The van der Waals surface area contributed by atoms with E-state index in [1.165, 1.54) is 0 Å². The number of nitrogens with zero attached hydrogens (tertiary/aromatic N) is 2. The van der Waals surface area contributed by atoms with Gasteiger partial charge in [0.05, 0.1) is 12.8 Å². The third-order valence-corrected chi connectivity index (χ3v) is 4.36. The lowest BCUT2D eigenvalue weighted by Crippen LogP contribution is -2.45. The number of para-hydroxylation sites is 2. The first-order chi connectivity index (χ1) is 12.6. The highest BCUT2D eigenvalue weighted by molar-refractivity contribution is 5.96. The summed E-state index contributed by atoms with van der Waals surface area (Å²) in [4.78, 5) is 26.2. The van der Waals surface area contributed by atoms with Crippen molar-refractivity contribution >= 4 is 11.8 Å². The Morgan fingerprint density at radius 3 is 2.85 bits per heavy atom. The van der Waals surface area contributed by atoms with Crippen molar-refractivity contribution in [2.24, 2.45) is 0 Å². The molecular formula is C18H22N4O4. The summed E-state index contributed by atoms with van der Waals surface area (Å²) in [7, 11) is 3.15. The summed E-state index contributed by atoms with van der Waals surface area (Å²) in [6, 6.07) is 8.54. The van der Waals surface area contributed by atoms with Crippen LogP contribution in [0.15, 0.2) is 30.3 Å². The van der Waals surface area contributed by atoms with Crippen LogP contribution in [-0.4, -0.2) is 53.7 Å². The van der Waals surface area contributed by atoms with Crippen molar-refractivity contribution in [2.45, 2.75) is 25.5 Å². The summed E-state index contributed by atoms with van der Waals surface area (Å²) in [5.41, 5.74) is 0.939. The number of benzene rings is 1. The lowest BCUT2D eigenvalue weighted by atomic mass is 10.2. The van der Waals surface area contributed by atoms with Crippen LogP contribution >= 0.6 is 0 Å². The first kappa shape index (κ1) is 17.8. The first-order valence-electron chi connectivity index (χ1n) is 8.46. The molecule has 0 aliphatic carbocycles. The number of likely N-dealkylation sites (N-methyl/N-ethyl adjacent to an activating group) is 1. The number of hydrogen-bond acceptors (Lipinski definition) is 5. The molecule has 1 aromatic carbocycles. The van der Waals surface area contributed by atoms with E-state index < -0.39 is 6.04 Å². The van der Waals surface area contributed by atoms with E-state index in [-0.39, 0.29) is 24.1 Å². The molecule has 1 atom stereocenters. The Morgan fingerprint density at radius 1 is 1.35 bits per heavy atom. The predicted octanol–water partition coefficient (Wildman–Crippen LogP) is 1.35. The SMILES string of the molecule is CNC(=O)[C@@H]1CCCN1C(=O)c1cc(COc2ccccc2OC)[nH]n1. The Morgan fingerprint density at radius 2 is 2.12 bits per heavy atom.